The van der Waals surface area contributed by atoms with E-state index >= 15 is 0 Å². The maximum atomic E-state index is 5.76. The molecular formula is C30H42N6O2. The van der Waals surface area contributed by atoms with Crippen molar-refractivity contribution in [3.05, 3.63) is 47.5 Å². The Morgan fingerprint density at radius 1 is 0.974 bits per heavy atom. The monoisotopic (exact) mass is 518 g/mol. The van der Waals surface area contributed by atoms with E-state index in [-0.39, 0.29) is 0 Å². The average molecular weight is 519 g/mol. The number of hydrogen-bond acceptors (Lipinski definition) is 8. The van der Waals surface area contributed by atoms with Crippen LogP contribution in [0.2, 0.25) is 0 Å². The summed E-state index contributed by atoms with van der Waals surface area (Å²) in [4.78, 5) is 9.79. The predicted molar refractivity (Wildman–Crippen MR) is 152 cm³/mol. The van der Waals surface area contributed by atoms with Crippen molar-refractivity contribution in [1.29, 1.82) is 0 Å². The largest absolute Gasteiger partial charge is 0.385 e. The zero-order valence-electron chi connectivity index (χ0n) is 22.9. The van der Waals surface area contributed by atoms with Crippen LogP contribution in [0.3, 0.4) is 0 Å². The van der Waals surface area contributed by atoms with Crippen LogP contribution in [-0.2, 0) is 4.74 Å². The molecule has 3 aromatic rings. The number of rotatable bonds is 14. The van der Waals surface area contributed by atoms with E-state index in [0.29, 0.717) is 17.8 Å². The van der Waals surface area contributed by atoms with Crippen LogP contribution in [0.1, 0.15) is 86.6 Å². The number of nitrogens with one attached hydrogen (secondary N) is 3. The first-order valence-electron chi connectivity index (χ1n) is 14.4. The third kappa shape index (κ3) is 6.91. The van der Waals surface area contributed by atoms with Gasteiger partial charge in [0.25, 0.3) is 0 Å². The van der Waals surface area contributed by atoms with Crippen LogP contribution in [0.4, 0.5) is 17.3 Å². The molecule has 2 aliphatic carbocycles. The van der Waals surface area contributed by atoms with Gasteiger partial charge in [-0.3, -0.25) is 0 Å². The predicted octanol–water partition coefficient (Wildman–Crippen LogP) is 6.54. The lowest BCUT2D eigenvalue weighted by atomic mass is 9.84. The Bertz CT molecular complexity index is 1170. The molecule has 0 spiro atoms. The van der Waals surface area contributed by atoms with E-state index in [2.05, 4.69) is 45.4 Å². The maximum absolute atomic E-state index is 5.76. The minimum absolute atomic E-state index is 0.457. The van der Waals surface area contributed by atoms with Crippen LogP contribution in [0.25, 0.3) is 11.3 Å². The van der Waals surface area contributed by atoms with Crippen LogP contribution in [0.15, 0.2) is 35.0 Å². The Hall–Kier alpha value is -2.97. The van der Waals surface area contributed by atoms with Gasteiger partial charge in [-0.25, -0.2) is 9.97 Å². The number of methoxy groups -OCH3 is 1. The first-order chi connectivity index (χ1) is 18.7. The fraction of sp³-hybridized carbons (Fsp3) is 0.567. The minimum Gasteiger partial charge on any atom is -0.385 e. The molecule has 0 unspecified atom stereocenters. The number of aryl methyl sites for hydroxylation is 1. The SMILES string of the molecule is COCCNCCCCNc1cccc(Nc2ncc(C3CC3)c(-c3c(C4CCCCC4)noc3C)n2)c1. The highest BCUT2D eigenvalue weighted by Gasteiger charge is 2.32. The standard InChI is InChI=1S/C30H42N6O2/c1-21-27(28(36-38-21)23-9-4-3-5-10-23)29-26(22-13-14-22)20-33-30(35-29)34-25-12-8-11-24(19-25)32-16-7-6-15-31-17-18-37-2/h8,11-12,19-20,22-23,31-32H,3-7,9-10,13-18H2,1-2H3,(H,33,34,35). The fourth-order valence-corrected chi connectivity index (χ4v) is 5.42. The van der Waals surface area contributed by atoms with Crippen LogP contribution < -0.4 is 16.0 Å². The lowest BCUT2D eigenvalue weighted by Crippen LogP contribution is -2.20. The van der Waals surface area contributed by atoms with E-state index in [0.717, 1.165) is 73.2 Å². The van der Waals surface area contributed by atoms with Gasteiger partial charge in [0.15, 0.2) is 0 Å². The third-order valence-electron chi connectivity index (χ3n) is 7.66. The highest BCUT2D eigenvalue weighted by atomic mass is 16.5. The quantitative estimate of drug-likeness (QED) is 0.207. The normalized spacial score (nSPS) is 16.1. The molecule has 38 heavy (non-hydrogen) atoms. The van der Waals surface area contributed by atoms with Gasteiger partial charge >= 0.3 is 0 Å². The lowest BCUT2D eigenvalue weighted by molar-refractivity contribution is 0.199. The summed E-state index contributed by atoms with van der Waals surface area (Å²) in [6.07, 6.45) is 12.8. The van der Waals surface area contributed by atoms with Crippen molar-refractivity contribution in [1.82, 2.24) is 20.4 Å². The smallest absolute Gasteiger partial charge is 0.227 e. The maximum Gasteiger partial charge on any atom is 0.227 e. The molecule has 204 valence electrons. The Morgan fingerprint density at radius 3 is 2.61 bits per heavy atom. The Balaban J connectivity index is 1.27. The van der Waals surface area contributed by atoms with Crippen LogP contribution >= 0.6 is 0 Å². The van der Waals surface area contributed by atoms with Gasteiger partial charge < -0.3 is 25.2 Å². The van der Waals surface area contributed by atoms with Crippen molar-refractivity contribution in [2.24, 2.45) is 0 Å². The zero-order valence-corrected chi connectivity index (χ0v) is 22.9. The topological polar surface area (TPSA) is 97.1 Å². The summed E-state index contributed by atoms with van der Waals surface area (Å²) in [6.45, 7) is 5.62. The molecule has 5 rings (SSSR count). The van der Waals surface area contributed by atoms with Crippen molar-refractivity contribution in [2.75, 3.05) is 44.0 Å². The minimum atomic E-state index is 0.457. The summed E-state index contributed by atoms with van der Waals surface area (Å²) in [5.41, 5.74) is 6.47. The summed E-state index contributed by atoms with van der Waals surface area (Å²) in [5, 5.41) is 14.9. The summed E-state index contributed by atoms with van der Waals surface area (Å²) < 4.78 is 10.8. The second-order valence-corrected chi connectivity index (χ2v) is 10.7. The van der Waals surface area contributed by atoms with Crippen molar-refractivity contribution in [3.8, 4) is 11.3 Å². The van der Waals surface area contributed by atoms with Crippen LogP contribution in [-0.4, -0.2) is 48.5 Å². The summed E-state index contributed by atoms with van der Waals surface area (Å²) in [6, 6.07) is 8.33. The van der Waals surface area contributed by atoms with Crippen LogP contribution in [0, 0.1) is 6.92 Å². The van der Waals surface area contributed by atoms with E-state index in [9.17, 15) is 0 Å². The third-order valence-corrected chi connectivity index (χ3v) is 7.66. The van der Waals surface area contributed by atoms with E-state index in [4.69, 9.17) is 19.2 Å². The van der Waals surface area contributed by atoms with Gasteiger partial charge in [-0.2, -0.15) is 0 Å². The van der Waals surface area contributed by atoms with Gasteiger partial charge in [-0.05, 0) is 76.1 Å². The number of anilines is 3. The number of benzene rings is 1. The molecule has 0 atom stereocenters. The first kappa shape index (κ1) is 26.6. The molecule has 8 heteroatoms. The highest BCUT2D eigenvalue weighted by Crippen LogP contribution is 2.46. The zero-order chi connectivity index (χ0) is 26.2. The highest BCUT2D eigenvalue weighted by molar-refractivity contribution is 5.71. The van der Waals surface area contributed by atoms with E-state index in [1.54, 1.807) is 7.11 Å². The fourth-order valence-electron chi connectivity index (χ4n) is 5.42. The molecule has 3 N–H and O–H groups in total. The number of unbranched alkanes of at least 4 members (excludes halogenated alkanes) is 1. The molecule has 0 saturated heterocycles. The van der Waals surface area contributed by atoms with Crippen molar-refractivity contribution < 1.29 is 9.26 Å². The number of hydrogen-bond donors (Lipinski definition) is 3. The lowest BCUT2D eigenvalue weighted by Gasteiger charge is -2.21. The Kier molecular flexibility index (Phi) is 9.25. The Morgan fingerprint density at radius 2 is 1.79 bits per heavy atom. The number of ether oxygens (including phenoxy) is 1. The molecule has 2 aliphatic rings. The molecule has 2 saturated carbocycles. The van der Waals surface area contributed by atoms with Crippen LogP contribution in [0.5, 0.6) is 0 Å². The average Bonchev–Trinajstić information content (AvgIpc) is 3.72. The van der Waals surface area contributed by atoms with E-state index < -0.39 is 0 Å². The molecule has 0 bridgehead atoms. The molecule has 0 aliphatic heterocycles. The van der Waals surface area contributed by atoms with Gasteiger partial charge in [-0.1, -0.05) is 30.5 Å². The molecule has 1 aromatic carbocycles. The molecule has 2 heterocycles. The van der Waals surface area contributed by atoms with Gasteiger partial charge in [0, 0.05) is 49.3 Å². The first-order valence-corrected chi connectivity index (χ1v) is 14.4. The second kappa shape index (κ2) is 13.2. The van der Waals surface area contributed by atoms with Gasteiger partial charge in [-0.15, -0.1) is 0 Å². The molecule has 0 amide bonds. The molecule has 8 nitrogen and oxygen atoms in total. The molecule has 2 aromatic heterocycles. The molecular weight excluding hydrogens is 476 g/mol. The van der Waals surface area contributed by atoms with Crippen molar-refractivity contribution in [2.45, 2.75) is 76.5 Å². The van der Waals surface area contributed by atoms with E-state index in [1.807, 2.05) is 13.1 Å². The second-order valence-electron chi connectivity index (χ2n) is 10.7. The van der Waals surface area contributed by atoms with Gasteiger partial charge in [0.1, 0.15) is 5.76 Å². The summed E-state index contributed by atoms with van der Waals surface area (Å²) in [5.74, 6) is 2.46. The summed E-state index contributed by atoms with van der Waals surface area (Å²) >= 11 is 0. The molecule has 0 radical (unpaired) electrons. The Labute approximate surface area is 226 Å². The van der Waals surface area contributed by atoms with Crippen molar-refractivity contribution >= 4 is 17.3 Å². The number of aromatic nitrogens is 3. The van der Waals surface area contributed by atoms with Gasteiger partial charge in [0.2, 0.25) is 5.95 Å². The summed E-state index contributed by atoms with van der Waals surface area (Å²) in [7, 11) is 1.73. The van der Waals surface area contributed by atoms with E-state index in [1.165, 1.54) is 50.5 Å². The van der Waals surface area contributed by atoms with Crippen molar-refractivity contribution in [3.63, 3.8) is 0 Å². The number of nitrogens with zero attached hydrogens (tertiary/aromatic N) is 3. The van der Waals surface area contributed by atoms with Gasteiger partial charge in [0.05, 0.1) is 23.6 Å². The molecule has 2 fully saturated rings.